The molecule has 0 fully saturated rings. The molecule has 0 aliphatic heterocycles. The van der Waals surface area contributed by atoms with Crippen LogP contribution < -0.4 is 20.5 Å². The fourth-order valence-electron chi connectivity index (χ4n) is 2.19. The number of ether oxygens (including phenoxy) is 2. The fourth-order valence-corrected chi connectivity index (χ4v) is 2.46. The van der Waals surface area contributed by atoms with E-state index >= 15 is 0 Å². The molecule has 0 unspecified atom stereocenters. The Kier molecular flexibility index (Phi) is 8.55. The zero-order chi connectivity index (χ0) is 18.4. The lowest BCUT2D eigenvalue weighted by atomic mass is 10.1. The lowest BCUT2D eigenvalue weighted by Gasteiger charge is -2.15. The normalized spacial score (nSPS) is 10.2. The van der Waals surface area contributed by atoms with E-state index in [1.165, 1.54) is 7.11 Å². The predicted molar refractivity (Wildman–Crippen MR) is 109 cm³/mol. The minimum Gasteiger partial charge on any atom is -0.493 e. The standard InChI is InChI=1S/C19H23ClN2O3.ClH/c1-12(2)8-9-25-18-14(20)10-13(11-17(18)24-3)19(23)22-16-7-5-4-6-15(16)21;/h4-7,10-12H,8-9,21H2,1-3H3,(H,22,23);1H. The monoisotopic (exact) mass is 398 g/mol. The molecule has 0 bridgehead atoms. The SMILES string of the molecule is COc1cc(C(=O)Nc2ccccc2N)cc(Cl)c1OCCC(C)C.Cl. The molecule has 5 nitrogen and oxygen atoms in total. The molecule has 2 rings (SSSR count). The molecule has 0 atom stereocenters. The van der Waals surface area contributed by atoms with Gasteiger partial charge in [-0.1, -0.05) is 37.6 Å². The molecule has 3 N–H and O–H groups in total. The summed E-state index contributed by atoms with van der Waals surface area (Å²) in [5.74, 6) is 1.06. The molecule has 0 saturated heterocycles. The van der Waals surface area contributed by atoms with E-state index in [1.807, 2.05) is 0 Å². The molecule has 2 aromatic carbocycles. The molecule has 0 heterocycles. The van der Waals surface area contributed by atoms with Crippen molar-refractivity contribution in [2.24, 2.45) is 5.92 Å². The quantitative estimate of drug-likeness (QED) is 0.641. The third kappa shape index (κ3) is 5.71. The maximum absolute atomic E-state index is 12.5. The van der Waals surface area contributed by atoms with E-state index in [4.69, 9.17) is 26.8 Å². The van der Waals surface area contributed by atoms with Gasteiger partial charge in [-0.05, 0) is 36.6 Å². The van der Waals surface area contributed by atoms with Gasteiger partial charge in [0.2, 0.25) is 0 Å². The Bertz CT molecular complexity index is 752. The fraction of sp³-hybridized carbons (Fsp3) is 0.316. The first-order chi connectivity index (χ1) is 11.9. The third-order valence-corrected chi connectivity index (χ3v) is 3.92. The number of methoxy groups -OCH3 is 1. The van der Waals surface area contributed by atoms with E-state index in [2.05, 4.69) is 19.2 Å². The van der Waals surface area contributed by atoms with E-state index in [9.17, 15) is 4.79 Å². The van der Waals surface area contributed by atoms with Gasteiger partial charge >= 0.3 is 0 Å². The van der Waals surface area contributed by atoms with Crippen LogP contribution in [-0.2, 0) is 0 Å². The number of hydrogen-bond donors (Lipinski definition) is 2. The third-order valence-electron chi connectivity index (χ3n) is 3.64. The van der Waals surface area contributed by atoms with Gasteiger partial charge in [0.1, 0.15) is 0 Å². The summed E-state index contributed by atoms with van der Waals surface area (Å²) in [6, 6.07) is 10.2. The second-order valence-corrected chi connectivity index (χ2v) is 6.47. The van der Waals surface area contributed by atoms with E-state index in [-0.39, 0.29) is 18.3 Å². The van der Waals surface area contributed by atoms with Crippen LogP contribution in [0.1, 0.15) is 30.6 Å². The second kappa shape index (κ2) is 10.1. The molecule has 7 heteroatoms. The van der Waals surface area contributed by atoms with Gasteiger partial charge in [-0.2, -0.15) is 0 Å². The number of nitrogens with two attached hydrogens (primary N) is 1. The highest BCUT2D eigenvalue weighted by Gasteiger charge is 2.16. The van der Waals surface area contributed by atoms with Crippen molar-refractivity contribution in [1.29, 1.82) is 0 Å². The van der Waals surface area contributed by atoms with Crippen LogP contribution in [0.2, 0.25) is 5.02 Å². The van der Waals surface area contributed by atoms with Crippen LogP contribution in [0.15, 0.2) is 36.4 Å². The van der Waals surface area contributed by atoms with E-state index in [1.54, 1.807) is 36.4 Å². The number of anilines is 2. The highest BCUT2D eigenvalue weighted by Crippen LogP contribution is 2.37. The Labute approximate surface area is 165 Å². The minimum absolute atomic E-state index is 0. The molecule has 1 amide bonds. The Morgan fingerprint density at radius 2 is 1.96 bits per heavy atom. The molecule has 0 radical (unpaired) electrons. The lowest BCUT2D eigenvalue weighted by molar-refractivity contribution is 0.102. The average Bonchev–Trinajstić information content (AvgIpc) is 2.57. The summed E-state index contributed by atoms with van der Waals surface area (Å²) in [4.78, 5) is 12.5. The van der Waals surface area contributed by atoms with Crippen molar-refractivity contribution in [3.63, 3.8) is 0 Å². The number of halogens is 2. The summed E-state index contributed by atoms with van der Waals surface area (Å²) in [7, 11) is 1.51. The highest BCUT2D eigenvalue weighted by molar-refractivity contribution is 6.32. The predicted octanol–water partition coefficient (Wildman–Crippen LogP) is 5.03. The van der Waals surface area contributed by atoms with Gasteiger partial charge in [-0.15, -0.1) is 12.4 Å². The van der Waals surface area contributed by atoms with Gasteiger partial charge in [-0.3, -0.25) is 4.79 Å². The average molecular weight is 399 g/mol. The van der Waals surface area contributed by atoms with Crippen LogP contribution in [0.25, 0.3) is 0 Å². The largest absolute Gasteiger partial charge is 0.493 e. The van der Waals surface area contributed by atoms with Crippen LogP contribution in [0.4, 0.5) is 11.4 Å². The molecule has 0 aliphatic rings. The van der Waals surface area contributed by atoms with Gasteiger partial charge < -0.3 is 20.5 Å². The Morgan fingerprint density at radius 1 is 1.27 bits per heavy atom. The Hall–Kier alpha value is -2.11. The van der Waals surface area contributed by atoms with Gasteiger partial charge in [0.25, 0.3) is 5.91 Å². The first kappa shape index (κ1) is 21.9. The maximum Gasteiger partial charge on any atom is 0.255 e. The number of amides is 1. The summed E-state index contributed by atoms with van der Waals surface area (Å²) >= 11 is 6.30. The number of hydrogen-bond acceptors (Lipinski definition) is 4. The lowest BCUT2D eigenvalue weighted by Crippen LogP contribution is -2.13. The number of rotatable bonds is 7. The zero-order valence-corrected chi connectivity index (χ0v) is 16.6. The Balaban J connectivity index is 0.00000338. The molecular weight excluding hydrogens is 375 g/mol. The smallest absolute Gasteiger partial charge is 0.255 e. The van der Waals surface area contributed by atoms with Gasteiger partial charge in [0.15, 0.2) is 11.5 Å². The molecular formula is C19H24Cl2N2O3. The van der Waals surface area contributed by atoms with Crippen LogP contribution >= 0.6 is 24.0 Å². The number of carbonyl (C=O) groups is 1. The number of nitrogen functional groups attached to an aromatic ring is 1. The van der Waals surface area contributed by atoms with Crippen molar-refractivity contribution in [3.8, 4) is 11.5 Å². The summed E-state index contributed by atoms with van der Waals surface area (Å²) < 4.78 is 11.1. The van der Waals surface area contributed by atoms with Crippen molar-refractivity contribution in [3.05, 3.63) is 47.0 Å². The zero-order valence-electron chi connectivity index (χ0n) is 15.0. The number of carbonyl (C=O) groups excluding carboxylic acids is 1. The number of nitrogens with one attached hydrogen (secondary N) is 1. The first-order valence-electron chi connectivity index (χ1n) is 8.08. The van der Waals surface area contributed by atoms with Gasteiger partial charge in [0, 0.05) is 5.56 Å². The van der Waals surface area contributed by atoms with Crippen LogP contribution in [0.3, 0.4) is 0 Å². The van der Waals surface area contributed by atoms with E-state index in [0.717, 1.165) is 6.42 Å². The van der Waals surface area contributed by atoms with Crippen molar-refractivity contribution >= 4 is 41.3 Å². The first-order valence-corrected chi connectivity index (χ1v) is 8.46. The summed E-state index contributed by atoms with van der Waals surface area (Å²) in [5, 5.41) is 3.09. The minimum atomic E-state index is -0.327. The molecule has 26 heavy (non-hydrogen) atoms. The van der Waals surface area contributed by atoms with Crippen molar-refractivity contribution < 1.29 is 14.3 Å². The van der Waals surface area contributed by atoms with E-state index in [0.29, 0.717) is 46.0 Å². The van der Waals surface area contributed by atoms with Crippen molar-refractivity contribution in [2.75, 3.05) is 24.8 Å². The maximum atomic E-state index is 12.5. The topological polar surface area (TPSA) is 73.6 Å². The van der Waals surface area contributed by atoms with Crippen molar-refractivity contribution in [2.45, 2.75) is 20.3 Å². The van der Waals surface area contributed by atoms with Gasteiger partial charge in [0.05, 0.1) is 30.1 Å². The molecule has 0 aromatic heterocycles. The van der Waals surface area contributed by atoms with Crippen LogP contribution in [-0.4, -0.2) is 19.6 Å². The van der Waals surface area contributed by atoms with Crippen molar-refractivity contribution in [1.82, 2.24) is 0 Å². The molecule has 0 aliphatic carbocycles. The van der Waals surface area contributed by atoms with Gasteiger partial charge in [-0.25, -0.2) is 0 Å². The number of benzene rings is 2. The van der Waals surface area contributed by atoms with E-state index < -0.39 is 0 Å². The summed E-state index contributed by atoms with van der Waals surface area (Å²) in [6.07, 6.45) is 0.898. The second-order valence-electron chi connectivity index (χ2n) is 6.06. The molecule has 2 aromatic rings. The highest BCUT2D eigenvalue weighted by atomic mass is 35.5. The molecule has 142 valence electrons. The molecule has 0 spiro atoms. The number of para-hydroxylation sites is 2. The van der Waals surface area contributed by atoms with Crippen LogP contribution in [0.5, 0.6) is 11.5 Å². The molecule has 0 saturated carbocycles. The van der Waals surface area contributed by atoms with Crippen LogP contribution in [0, 0.1) is 5.92 Å². The Morgan fingerprint density at radius 3 is 2.58 bits per heavy atom. The summed E-state index contributed by atoms with van der Waals surface area (Å²) in [5.41, 5.74) is 7.24. The summed E-state index contributed by atoms with van der Waals surface area (Å²) in [6.45, 7) is 4.76.